The Bertz CT molecular complexity index is 549. The average molecular weight is 263 g/mol. The molecule has 4 heteroatoms. The van der Waals surface area contributed by atoms with Crippen molar-refractivity contribution in [1.29, 1.82) is 0 Å². The Labute approximate surface area is 110 Å². The van der Waals surface area contributed by atoms with Gasteiger partial charge in [-0.15, -0.1) is 0 Å². The number of benzene rings is 2. The fraction of sp³-hybridized carbons (Fsp3) is 0.0714. The van der Waals surface area contributed by atoms with Gasteiger partial charge in [0.2, 0.25) is 0 Å². The van der Waals surface area contributed by atoms with Gasteiger partial charge < -0.3 is 9.84 Å². The smallest absolute Gasteiger partial charge is 0.341 e. The molecule has 1 N–H and O–H groups in total. The number of halogens is 1. The van der Waals surface area contributed by atoms with Gasteiger partial charge in [0.1, 0.15) is 5.75 Å². The second-order valence-corrected chi connectivity index (χ2v) is 4.12. The molecule has 0 amide bonds. The lowest BCUT2D eigenvalue weighted by molar-refractivity contribution is -0.139. The van der Waals surface area contributed by atoms with Gasteiger partial charge in [-0.2, -0.15) is 0 Å². The monoisotopic (exact) mass is 262 g/mol. The molecule has 3 nitrogen and oxygen atoms in total. The predicted octanol–water partition coefficient (Wildman–Crippen LogP) is 3.47. The van der Waals surface area contributed by atoms with Crippen LogP contribution < -0.4 is 4.74 Å². The molecule has 0 atom stereocenters. The number of rotatable bonds is 4. The lowest BCUT2D eigenvalue weighted by Crippen LogP contribution is -2.09. The number of hydrogen-bond donors (Lipinski definition) is 1. The second-order valence-electron chi connectivity index (χ2n) is 3.69. The van der Waals surface area contributed by atoms with Gasteiger partial charge in [0, 0.05) is 10.6 Å². The van der Waals surface area contributed by atoms with Gasteiger partial charge in [0.05, 0.1) is 0 Å². The van der Waals surface area contributed by atoms with Crippen LogP contribution >= 0.6 is 11.6 Å². The van der Waals surface area contributed by atoms with Crippen molar-refractivity contribution in [2.75, 3.05) is 6.61 Å². The maximum Gasteiger partial charge on any atom is 0.341 e. The summed E-state index contributed by atoms with van der Waals surface area (Å²) < 4.78 is 5.25. The number of carboxylic acid groups (broad SMARTS) is 1. The van der Waals surface area contributed by atoms with Crippen LogP contribution in [-0.2, 0) is 4.79 Å². The van der Waals surface area contributed by atoms with Crippen LogP contribution in [0.4, 0.5) is 0 Å². The van der Waals surface area contributed by atoms with E-state index in [1.165, 1.54) is 0 Å². The first-order chi connectivity index (χ1) is 8.66. The molecule has 2 rings (SSSR count). The number of carboxylic acids is 1. The number of ether oxygens (including phenoxy) is 1. The first-order valence-corrected chi connectivity index (χ1v) is 5.74. The van der Waals surface area contributed by atoms with Gasteiger partial charge in [-0.1, -0.05) is 41.9 Å². The molecule has 92 valence electrons. The summed E-state index contributed by atoms with van der Waals surface area (Å²) in [4.78, 5) is 10.5. The SMILES string of the molecule is O=C(O)COc1ccccc1-c1ccc(Cl)cc1. The number of aliphatic carboxylic acids is 1. The number of para-hydroxylation sites is 1. The summed E-state index contributed by atoms with van der Waals surface area (Å²) >= 11 is 5.83. The molecule has 0 aliphatic carbocycles. The highest BCUT2D eigenvalue weighted by molar-refractivity contribution is 6.30. The van der Waals surface area contributed by atoms with Crippen LogP contribution in [0.2, 0.25) is 5.02 Å². The van der Waals surface area contributed by atoms with Gasteiger partial charge in [-0.25, -0.2) is 4.79 Å². The fourth-order valence-electron chi connectivity index (χ4n) is 1.60. The van der Waals surface area contributed by atoms with Crippen LogP contribution in [0.5, 0.6) is 5.75 Å². The summed E-state index contributed by atoms with van der Waals surface area (Å²) in [5, 5.41) is 9.29. The zero-order chi connectivity index (χ0) is 13.0. The lowest BCUT2D eigenvalue weighted by Gasteiger charge is -2.10. The minimum absolute atomic E-state index is 0.357. The van der Waals surface area contributed by atoms with E-state index in [2.05, 4.69) is 0 Å². The third-order valence-corrected chi connectivity index (χ3v) is 2.65. The summed E-state index contributed by atoms with van der Waals surface area (Å²) in [7, 11) is 0. The van der Waals surface area contributed by atoms with Crippen molar-refractivity contribution in [1.82, 2.24) is 0 Å². The molecule has 0 fully saturated rings. The molecule has 0 saturated heterocycles. The molecule has 0 aliphatic rings. The first-order valence-electron chi connectivity index (χ1n) is 5.36. The molecule has 0 radical (unpaired) electrons. The zero-order valence-electron chi connectivity index (χ0n) is 9.47. The van der Waals surface area contributed by atoms with Gasteiger partial charge in [0.15, 0.2) is 6.61 Å². The molecule has 0 aromatic heterocycles. The van der Waals surface area contributed by atoms with E-state index in [1.807, 2.05) is 24.3 Å². The van der Waals surface area contributed by atoms with Crippen molar-refractivity contribution in [3.63, 3.8) is 0 Å². The van der Waals surface area contributed by atoms with Crippen LogP contribution in [0, 0.1) is 0 Å². The molecule has 0 aliphatic heterocycles. The number of carbonyl (C=O) groups is 1. The maximum atomic E-state index is 10.5. The molecular weight excluding hydrogens is 252 g/mol. The van der Waals surface area contributed by atoms with Gasteiger partial charge in [-0.05, 0) is 23.8 Å². The normalized spacial score (nSPS) is 10.1. The van der Waals surface area contributed by atoms with Crippen molar-refractivity contribution in [3.05, 3.63) is 53.6 Å². The van der Waals surface area contributed by atoms with E-state index in [0.29, 0.717) is 10.8 Å². The Morgan fingerprint density at radius 2 is 1.78 bits per heavy atom. The first kappa shape index (κ1) is 12.5. The predicted molar refractivity (Wildman–Crippen MR) is 70.0 cm³/mol. The Balaban J connectivity index is 2.32. The van der Waals surface area contributed by atoms with Crippen molar-refractivity contribution >= 4 is 17.6 Å². The topological polar surface area (TPSA) is 46.5 Å². The lowest BCUT2D eigenvalue weighted by atomic mass is 10.1. The van der Waals surface area contributed by atoms with Crippen molar-refractivity contribution in [2.24, 2.45) is 0 Å². The van der Waals surface area contributed by atoms with E-state index in [9.17, 15) is 4.79 Å². The van der Waals surface area contributed by atoms with Gasteiger partial charge in [0.25, 0.3) is 0 Å². The molecule has 0 spiro atoms. The Morgan fingerprint density at radius 1 is 1.11 bits per heavy atom. The Kier molecular flexibility index (Phi) is 3.85. The van der Waals surface area contributed by atoms with Crippen LogP contribution in [0.1, 0.15) is 0 Å². The highest BCUT2D eigenvalue weighted by atomic mass is 35.5. The summed E-state index contributed by atoms with van der Waals surface area (Å²) in [6, 6.07) is 14.6. The third kappa shape index (κ3) is 3.02. The maximum absolute atomic E-state index is 10.5. The quantitative estimate of drug-likeness (QED) is 0.918. The van der Waals surface area contributed by atoms with E-state index in [1.54, 1.807) is 24.3 Å². The zero-order valence-corrected chi connectivity index (χ0v) is 10.2. The number of hydrogen-bond acceptors (Lipinski definition) is 2. The largest absolute Gasteiger partial charge is 0.481 e. The summed E-state index contributed by atoms with van der Waals surface area (Å²) in [5.74, 6) is -0.455. The molecule has 0 bridgehead atoms. The van der Waals surface area contributed by atoms with E-state index >= 15 is 0 Å². The molecule has 18 heavy (non-hydrogen) atoms. The highest BCUT2D eigenvalue weighted by Crippen LogP contribution is 2.30. The molecular formula is C14H11ClO3. The summed E-state index contributed by atoms with van der Waals surface area (Å²) in [5.41, 5.74) is 1.77. The van der Waals surface area contributed by atoms with Crippen LogP contribution in [-0.4, -0.2) is 17.7 Å². The van der Waals surface area contributed by atoms with E-state index in [0.717, 1.165) is 11.1 Å². The van der Waals surface area contributed by atoms with Crippen molar-refractivity contribution in [3.8, 4) is 16.9 Å². The Morgan fingerprint density at radius 3 is 2.44 bits per heavy atom. The van der Waals surface area contributed by atoms with Crippen LogP contribution in [0.15, 0.2) is 48.5 Å². The molecule has 2 aromatic carbocycles. The van der Waals surface area contributed by atoms with Gasteiger partial charge in [-0.3, -0.25) is 0 Å². The minimum Gasteiger partial charge on any atom is -0.481 e. The molecule has 2 aromatic rings. The highest BCUT2D eigenvalue weighted by Gasteiger charge is 2.07. The molecule has 0 saturated carbocycles. The van der Waals surface area contributed by atoms with E-state index < -0.39 is 5.97 Å². The van der Waals surface area contributed by atoms with Crippen molar-refractivity contribution in [2.45, 2.75) is 0 Å². The van der Waals surface area contributed by atoms with Gasteiger partial charge >= 0.3 is 5.97 Å². The minimum atomic E-state index is -0.999. The van der Waals surface area contributed by atoms with E-state index in [4.69, 9.17) is 21.4 Å². The average Bonchev–Trinajstić information content (AvgIpc) is 2.38. The van der Waals surface area contributed by atoms with E-state index in [-0.39, 0.29) is 6.61 Å². The van der Waals surface area contributed by atoms with Crippen molar-refractivity contribution < 1.29 is 14.6 Å². The second kappa shape index (κ2) is 5.56. The van der Waals surface area contributed by atoms with Crippen LogP contribution in [0.25, 0.3) is 11.1 Å². The fourth-order valence-corrected chi connectivity index (χ4v) is 1.73. The third-order valence-electron chi connectivity index (χ3n) is 2.39. The van der Waals surface area contributed by atoms with Crippen LogP contribution in [0.3, 0.4) is 0 Å². The molecule has 0 unspecified atom stereocenters. The summed E-state index contributed by atoms with van der Waals surface area (Å²) in [6.45, 7) is -0.357. The molecule has 0 heterocycles. The summed E-state index contributed by atoms with van der Waals surface area (Å²) in [6.07, 6.45) is 0. The standard InChI is InChI=1S/C14H11ClO3/c15-11-7-5-10(6-8-11)12-3-1-2-4-13(12)18-9-14(16)17/h1-8H,9H2,(H,16,17). The Hall–Kier alpha value is -2.00.